The summed E-state index contributed by atoms with van der Waals surface area (Å²) >= 11 is 0. The smallest absolute Gasteiger partial charge is 0.129 e. The summed E-state index contributed by atoms with van der Waals surface area (Å²) in [6.07, 6.45) is 4.78. The summed E-state index contributed by atoms with van der Waals surface area (Å²) in [6.45, 7) is 0.656. The topological polar surface area (TPSA) is 32.3 Å². The van der Waals surface area contributed by atoms with Crippen molar-refractivity contribution in [1.82, 2.24) is 5.32 Å². The van der Waals surface area contributed by atoms with Crippen molar-refractivity contribution >= 4 is 6.08 Å². The largest absolute Gasteiger partial charge is 0.392 e. The van der Waals surface area contributed by atoms with Crippen molar-refractivity contribution in [3.05, 3.63) is 41.2 Å². The molecular weight excluding hydrogens is 193 g/mol. The Morgan fingerprint density at radius 3 is 2.87 bits per heavy atom. The maximum atomic E-state index is 13.2. The second-order valence-electron chi connectivity index (χ2n) is 3.30. The second kappa shape index (κ2) is 6.32. The maximum absolute atomic E-state index is 13.2. The van der Waals surface area contributed by atoms with Gasteiger partial charge in [0.05, 0.1) is 6.61 Å². The van der Waals surface area contributed by atoms with Gasteiger partial charge in [-0.2, -0.15) is 0 Å². The van der Waals surface area contributed by atoms with Gasteiger partial charge in [0.1, 0.15) is 5.82 Å². The Kier molecular flexibility index (Phi) is 5.01. The molecule has 0 aromatic heterocycles. The number of aliphatic hydroxyl groups is 1. The summed E-state index contributed by atoms with van der Waals surface area (Å²) < 4.78 is 13.2. The zero-order chi connectivity index (χ0) is 11.1. The summed E-state index contributed by atoms with van der Waals surface area (Å²) in [5.74, 6) is -0.353. The third-order valence-electron chi connectivity index (χ3n) is 2.12. The zero-order valence-electron chi connectivity index (χ0n) is 8.83. The fraction of sp³-hybridized carbons (Fsp3) is 0.333. The maximum Gasteiger partial charge on any atom is 0.129 e. The summed E-state index contributed by atoms with van der Waals surface area (Å²) in [6, 6.07) is 4.83. The van der Waals surface area contributed by atoms with Crippen LogP contribution in [0.4, 0.5) is 4.39 Å². The van der Waals surface area contributed by atoms with Gasteiger partial charge in [-0.25, -0.2) is 4.39 Å². The first-order chi connectivity index (χ1) is 7.27. The number of benzene rings is 1. The summed E-state index contributed by atoms with van der Waals surface area (Å²) in [4.78, 5) is 0. The van der Waals surface area contributed by atoms with Gasteiger partial charge in [0, 0.05) is 5.56 Å². The standard InChI is InChI=1S/C12H16FNO/c1-14-7-3-2-4-10-5-6-11(9-15)12(13)8-10/h2,4-6,8,14-15H,3,7,9H2,1H3. The van der Waals surface area contributed by atoms with E-state index >= 15 is 0 Å². The molecular formula is C12H16FNO. The van der Waals surface area contributed by atoms with Gasteiger partial charge in [0.2, 0.25) is 0 Å². The first-order valence-corrected chi connectivity index (χ1v) is 4.98. The minimum Gasteiger partial charge on any atom is -0.392 e. The van der Waals surface area contributed by atoms with Gasteiger partial charge in [-0.3, -0.25) is 0 Å². The molecule has 1 aromatic rings. The third kappa shape index (κ3) is 3.81. The number of rotatable bonds is 5. The van der Waals surface area contributed by atoms with Crippen molar-refractivity contribution in [2.75, 3.05) is 13.6 Å². The molecule has 0 radical (unpaired) electrons. The van der Waals surface area contributed by atoms with E-state index in [2.05, 4.69) is 5.32 Å². The van der Waals surface area contributed by atoms with Crippen LogP contribution in [0, 0.1) is 5.82 Å². The van der Waals surface area contributed by atoms with Gasteiger partial charge < -0.3 is 10.4 Å². The Labute approximate surface area is 89.4 Å². The lowest BCUT2D eigenvalue weighted by atomic mass is 10.1. The van der Waals surface area contributed by atoms with Crippen molar-refractivity contribution in [3.63, 3.8) is 0 Å². The molecule has 0 fully saturated rings. The lowest BCUT2D eigenvalue weighted by molar-refractivity contribution is 0.275. The number of nitrogens with one attached hydrogen (secondary N) is 1. The van der Waals surface area contributed by atoms with Gasteiger partial charge >= 0.3 is 0 Å². The van der Waals surface area contributed by atoms with E-state index < -0.39 is 0 Å². The van der Waals surface area contributed by atoms with E-state index in [1.807, 2.05) is 19.2 Å². The number of hydrogen-bond acceptors (Lipinski definition) is 2. The lowest BCUT2D eigenvalue weighted by Gasteiger charge is -2.00. The molecule has 0 aliphatic carbocycles. The highest BCUT2D eigenvalue weighted by molar-refractivity contribution is 5.49. The first-order valence-electron chi connectivity index (χ1n) is 4.98. The van der Waals surface area contributed by atoms with E-state index in [1.54, 1.807) is 12.1 Å². The van der Waals surface area contributed by atoms with Crippen molar-refractivity contribution in [3.8, 4) is 0 Å². The van der Waals surface area contributed by atoms with Gasteiger partial charge in [0.15, 0.2) is 0 Å². The molecule has 0 unspecified atom stereocenters. The van der Waals surface area contributed by atoms with Crippen LogP contribution in [0.25, 0.3) is 6.08 Å². The average molecular weight is 209 g/mol. The minimum atomic E-state index is -0.353. The highest BCUT2D eigenvalue weighted by Crippen LogP contribution is 2.11. The molecule has 1 rings (SSSR count). The van der Waals surface area contributed by atoms with Crippen LogP contribution < -0.4 is 5.32 Å². The molecule has 2 nitrogen and oxygen atoms in total. The molecule has 0 heterocycles. The quantitative estimate of drug-likeness (QED) is 0.726. The van der Waals surface area contributed by atoms with Gasteiger partial charge in [-0.1, -0.05) is 24.3 Å². The van der Waals surface area contributed by atoms with Crippen LogP contribution in [0.5, 0.6) is 0 Å². The van der Waals surface area contributed by atoms with Gasteiger partial charge in [0.25, 0.3) is 0 Å². The molecule has 0 amide bonds. The number of hydrogen-bond donors (Lipinski definition) is 2. The van der Waals surface area contributed by atoms with Gasteiger partial charge in [-0.05, 0) is 31.6 Å². The van der Waals surface area contributed by atoms with E-state index in [0.29, 0.717) is 5.56 Å². The molecule has 82 valence electrons. The monoisotopic (exact) mass is 209 g/mol. The summed E-state index contributed by atoms with van der Waals surface area (Å²) in [5.41, 5.74) is 1.16. The highest BCUT2D eigenvalue weighted by atomic mass is 19.1. The summed E-state index contributed by atoms with van der Waals surface area (Å²) in [5, 5.41) is 11.8. The minimum absolute atomic E-state index is 0.254. The van der Waals surface area contributed by atoms with E-state index in [-0.39, 0.29) is 12.4 Å². The Morgan fingerprint density at radius 2 is 2.27 bits per heavy atom. The van der Waals surface area contributed by atoms with Crippen molar-refractivity contribution in [2.24, 2.45) is 0 Å². The van der Waals surface area contributed by atoms with Crippen LogP contribution in [-0.4, -0.2) is 18.7 Å². The van der Waals surface area contributed by atoms with Crippen LogP contribution in [0.1, 0.15) is 17.5 Å². The van der Waals surface area contributed by atoms with E-state index in [9.17, 15) is 4.39 Å². The fourth-order valence-corrected chi connectivity index (χ4v) is 1.24. The fourth-order valence-electron chi connectivity index (χ4n) is 1.24. The van der Waals surface area contributed by atoms with E-state index in [1.165, 1.54) is 6.07 Å². The van der Waals surface area contributed by atoms with Crippen molar-refractivity contribution in [1.29, 1.82) is 0 Å². The van der Waals surface area contributed by atoms with Crippen LogP contribution in [0.3, 0.4) is 0 Å². The summed E-state index contributed by atoms with van der Waals surface area (Å²) in [7, 11) is 1.89. The number of aliphatic hydroxyl groups excluding tert-OH is 1. The van der Waals surface area contributed by atoms with E-state index in [0.717, 1.165) is 18.5 Å². The molecule has 15 heavy (non-hydrogen) atoms. The number of halogens is 1. The Bertz CT molecular complexity index is 336. The molecule has 0 atom stereocenters. The highest BCUT2D eigenvalue weighted by Gasteiger charge is 1.99. The van der Waals surface area contributed by atoms with Gasteiger partial charge in [-0.15, -0.1) is 0 Å². The normalized spacial score (nSPS) is 11.1. The third-order valence-corrected chi connectivity index (χ3v) is 2.12. The molecule has 3 heteroatoms. The predicted octanol–water partition coefficient (Wildman–Crippen LogP) is 1.94. The van der Waals surface area contributed by atoms with Crippen LogP contribution in [0.15, 0.2) is 24.3 Å². The zero-order valence-corrected chi connectivity index (χ0v) is 8.83. The SMILES string of the molecule is CNCCC=Cc1ccc(CO)c(F)c1. The first kappa shape index (κ1) is 11.9. The van der Waals surface area contributed by atoms with Crippen LogP contribution in [0.2, 0.25) is 0 Å². The Balaban J connectivity index is 2.63. The van der Waals surface area contributed by atoms with Crippen molar-refractivity contribution in [2.45, 2.75) is 13.0 Å². The Hall–Kier alpha value is -1.19. The predicted molar refractivity (Wildman–Crippen MR) is 59.9 cm³/mol. The lowest BCUT2D eigenvalue weighted by Crippen LogP contribution is -2.05. The van der Waals surface area contributed by atoms with Crippen molar-refractivity contribution < 1.29 is 9.50 Å². The van der Waals surface area contributed by atoms with E-state index in [4.69, 9.17) is 5.11 Å². The molecule has 2 N–H and O–H groups in total. The molecule has 0 bridgehead atoms. The van der Waals surface area contributed by atoms with Crippen LogP contribution >= 0.6 is 0 Å². The average Bonchev–Trinajstić information content (AvgIpc) is 2.25. The molecule has 0 spiro atoms. The molecule has 0 saturated heterocycles. The second-order valence-corrected chi connectivity index (χ2v) is 3.30. The molecule has 0 aliphatic heterocycles. The van der Waals surface area contributed by atoms with Crippen LogP contribution in [-0.2, 0) is 6.61 Å². The Morgan fingerprint density at radius 1 is 1.47 bits per heavy atom. The molecule has 0 saturated carbocycles. The molecule has 1 aromatic carbocycles. The molecule has 0 aliphatic rings.